The van der Waals surface area contributed by atoms with Crippen LogP contribution in [-0.2, 0) is 10.5 Å². The molecule has 1 N–H and O–H groups in total. The molecule has 0 atom stereocenters. The first kappa shape index (κ1) is 23.1. The number of ether oxygens (including phenoxy) is 1. The van der Waals surface area contributed by atoms with E-state index in [0.717, 1.165) is 40.8 Å². The highest BCUT2D eigenvalue weighted by Crippen LogP contribution is 2.31. The Kier molecular flexibility index (Phi) is 9.01. The average Bonchev–Trinajstić information content (AvgIpc) is 3.20. The van der Waals surface area contributed by atoms with Crippen LogP contribution in [0.25, 0.3) is 0 Å². The first-order valence-electron chi connectivity index (χ1n) is 8.52. The predicted octanol–water partition coefficient (Wildman–Crippen LogP) is 5.50. The van der Waals surface area contributed by atoms with Crippen LogP contribution >= 0.6 is 62.4 Å². The van der Waals surface area contributed by atoms with E-state index in [1.165, 1.54) is 23.1 Å². The Morgan fingerprint density at radius 2 is 1.97 bits per heavy atom. The molecule has 3 rings (SSSR count). The maximum atomic E-state index is 12.0. The zero-order valence-electron chi connectivity index (χ0n) is 15.7. The number of hydrazone groups is 1. The van der Waals surface area contributed by atoms with Gasteiger partial charge in [0, 0.05) is 10.8 Å². The number of carbonyl (C=O) groups is 1. The molecule has 11 heteroatoms. The molecule has 0 radical (unpaired) electrons. The van der Waals surface area contributed by atoms with E-state index in [9.17, 15) is 4.79 Å². The van der Waals surface area contributed by atoms with Crippen molar-refractivity contribution in [2.75, 3.05) is 12.9 Å². The molecule has 1 heterocycles. The molecular formula is C19H16BrClN4O2S3. The molecule has 0 saturated carbocycles. The topological polar surface area (TPSA) is 76.5 Å². The van der Waals surface area contributed by atoms with E-state index in [2.05, 4.69) is 36.7 Å². The molecule has 156 valence electrons. The molecule has 1 amide bonds. The van der Waals surface area contributed by atoms with Crippen LogP contribution in [0.1, 0.15) is 11.1 Å². The van der Waals surface area contributed by atoms with Gasteiger partial charge in [-0.05, 0) is 57.4 Å². The molecule has 0 fully saturated rings. The van der Waals surface area contributed by atoms with E-state index in [1.807, 2.05) is 42.5 Å². The number of amides is 1. The van der Waals surface area contributed by atoms with Crippen LogP contribution in [0.3, 0.4) is 0 Å². The van der Waals surface area contributed by atoms with Crippen molar-refractivity contribution in [3.05, 3.63) is 63.1 Å². The lowest BCUT2D eigenvalue weighted by Gasteiger charge is -2.03. The van der Waals surface area contributed by atoms with E-state index < -0.39 is 0 Å². The van der Waals surface area contributed by atoms with Crippen LogP contribution in [0.5, 0.6) is 5.75 Å². The van der Waals surface area contributed by atoms with Crippen molar-refractivity contribution < 1.29 is 9.53 Å². The maximum absolute atomic E-state index is 12.0. The molecule has 30 heavy (non-hydrogen) atoms. The minimum Gasteiger partial charge on any atom is -0.496 e. The van der Waals surface area contributed by atoms with E-state index in [1.54, 1.807) is 25.1 Å². The van der Waals surface area contributed by atoms with Crippen LogP contribution in [0.4, 0.5) is 0 Å². The number of halogens is 2. The number of thioether (sulfide) groups is 2. The Morgan fingerprint density at radius 3 is 2.67 bits per heavy atom. The van der Waals surface area contributed by atoms with Gasteiger partial charge in [0.1, 0.15) is 5.75 Å². The van der Waals surface area contributed by atoms with Crippen LogP contribution in [0, 0.1) is 0 Å². The lowest BCUT2D eigenvalue weighted by atomic mass is 10.2. The number of benzene rings is 2. The molecule has 0 aliphatic heterocycles. The third-order valence-electron chi connectivity index (χ3n) is 3.57. The Balaban J connectivity index is 1.41. The van der Waals surface area contributed by atoms with Crippen molar-refractivity contribution in [2.45, 2.75) is 14.4 Å². The highest BCUT2D eigenvalue weighted by Gasteiger charge is 2.09. The summed E-state index contributed by atoms with van der Waals surface area (Å²) in [4.78, 5) is 12.0. The van der Waals surface area contributed by atoms with Gasteiger partial charge in [-0.1, -0.05) is 58.6 Å². The smallest absolute Gasteiger partial charge is 0.250 e. The van der Waals surface area contributed by atoms with Crippen LogP contribution in [0.2, 0.25) is 5.02 Å². The fourth-order valence-electron chi connectivity index (χ4n) is 2.14. The number of hydrogen-bond acceptors (Lipinski definition) is 8. The third kappa shape index (κ3) is 7.28. The summed E-state index contributed by atoms with van der Waals surface area (Å²) in [5.74, 6) is 1.51. The van der Waals surface area contributed by atoms with Crippen molar-refractivity contribution in [1.29, 1.82) is 0 Å². The molecule has 0 saturated heterocycles. The molecule has 0 aliphatic rings. The van der Waals surface area contributed by atoms with Gasteiger partial charge in [0.2, 0.25) is 0 Å². The van der Waals surface area contributed by atoms with Crippen molar-refractivity contribution >= 4 is 74.5 Å². The summed E-state index contributed by atoms with van der Waals surface area (Å²) < 4.78 is 7.60. The van der Waals surface area contributed by atoms with Gasteiger partial charge in [-0.25, -0.2) is 5.43 Å². The number of aromatic nitrogens is 2. The molecule has 0 bridgehead atoms. The summed E-state index contributed by atoms with van der Waals surface area (Å²) in [5.41, 5.74) is 4.51. The van der Waals surface area contributed by atoms with Gasteiger partial charge in [-0.15, -0.1) is 10.2 Å². The summed E-state index contributed by atoms with van der Waals surface area (Å²) in [6.07, 6.45) is 1.57. The third-order valence-corrected chi connectivity index (χ3v) is 7.70. The average molecular weight is 544 g/mol. The Hall–Kier alpha value is -1.59. The summed E-state index contributed by atoms with van der Waals surface area (Å²) in [6, 6.07) is 13.2. The van der Waals surface area contributed by atoms with Crippen LogP contribution in [-0.4, -0.2) is 35.2 Å². The lowest BCUT2D eigenvalue weighted by molar-refractivity contribution is -0.118. The summed E-state index contributed by atoms with van der Waals surface area (Å²) >= 11 is 13.7. The first-order chi connectivity index (χ1) is 14.5. The number of nitrogens with zero attached hydrogens (tertiary/aromatic N) is 3. The minimum atomic E-state index is -0.214. The van der Waals surface area contributed by atoms with Gasteiger partial charge >= 0.3 is 0 Å². The van der Waals surface area contributed by atoms with Gasteiger partial charge in [-0.2, -0.15) is 5.10 Å². The van der Waals surface area contributed by atoms with Crippen molar-refractivity contribution in [3.63, 3.8) is 0 Å². The molecule has 2 aromatic carbocycles. The van der Waals surface area contributed by atoms with Crippen molar-refractivity contribution in [3.8, 4) is 5.75 Å². The molecular weight excluding hydrogens is 528 g/mol. The summed E-state index contributed by atoms with van der Waals surface area (Å²) in [5, 5.41) is 13.0. The van der Waals surface area contributed by atoms with Gasteiger partial charge in [0.05, 0.1) is 23.5 Å². The number of hydrogen-bond donors (Lipinski definition) is 1. The van der Waals surface area contributed by atoms with Crippen molar-refractivity contribution in [2.24, 2.45) is 5.10 Å². The highest BCUT2D eigenvalue weighted by molar-refractivity contribution is 9.10. The Bertz CT molecular complexity index is 1030. The zero-order valence-corrected chi connectivity index (χ0v) is 20.5. The van der Waals surface area contributed by atoms with E-state index in [0.29, 0.717) is 0 Å². The monoisotopic (exact) mass is 542 g/mol. The first-order valence-corrected chi connectivity index (χ1v) is 12.5. The molecule has 3 aromatic rings. The van der Waals surface area contributed by atoms with Gasteiger partial charge in [0.15, 0.2) is 8.68 Å². The molecule has 0 spiro atoms. The maximum Gasteiger partial charge on any atom is 0.250 e. The fourth-order valence-corrected chi connectivity index (χ4v) is 5.59. The number of nitrogens with one attached hydrogen (secondary N) is 1. The predicted molar refractivity (Wildman–Crippen MR) is 128 cm³/mol. The lowest BCUT2D eigenvalue weighted by Crippen LogP contribution is -2.19. The van der Waals surface area contributed by atoms with Gasteiger partial charge < -0.3 is 4.74 Å². The minimum absolute atomic E-state index is 0.208. The number of methoxy groups -OCH3 is 1. The normalized spacial score (nSPS) is 11.0. The van der Waals surface area contributed by atoms with Crippen LogP contribution in [0.15, 0.2) is 60.7 Å². The van der Waals surface area contributed by atoms with Crippen LogP contribution < -0.4 is 10.2 Å². The second-order valence-electron chi connectivity index (χ2n) is 5.72. The highest BCUT2D eigenvalue weighted by atomic mass is 79.9. The Morgan fingerprint density at radius 1 is 1.23 bits per heavy atom. The van der Waals surface area contributed by atoms with E-state index in [-0.39, 0.29) is 11.7 Å². The second-order valence-corrected chi connectivity index (χ2v) is 10.4. The van der Waals surface area contributed by atoms with Crippen molar-refractivity contribution in [1.82, 2.24) is 15.6 Å². The van der Waals surface area contributed by atoms with Gasteiger partial charge in [0.25, 0.3) is 5.91 Å². The molecule has 0 unspecified atom stereocenters. The largest absolute Gasteiger partial charge is 0.496 e. The number of rotatable bonds is 9. The second kappa shape index (κ2) is 11.7. The summed E-state index contributed by atoms with van der Waals surface area (Å²) in [7, 11) is 1.60. The quantitative estimate of drug-likeness (QED) is 0.218. The fraction of sp³-hybridized carbons (Fsp3) is 0.158. The van der Waals surface area contributed by atoms with E-state index in [4.69, 9.17) is 16.3 Å². The SMILES string of the molecule is COc1ccc(/C=N/NC(=O)CSc2nnc(SCc3ccc(Cl)cc3)s2)cc1Br. The molecule has 0 aliphatic carbocycles. The Labute approximate surface area is 200 Å². The van der Waals surface area contributed by atoms with E-state index >= 15 is 0 Å². The van der Waals surface area contributed by atoms with Gasteiger partial charge in [-0.3, -0.25) is 4.79 Å². The standard InChI is InChI=1S/C19H16BrClN4O2S3/c1-27-16-7-4-13(8-15(16)20)9-22-23-17(26)11-29-19-25-24-18(30-19)28-10-12-2-5-14(21)6-3-12/h2-9H,10-11H2,1H3,(H,23,26)/b22-9+. The molecule has 6 nitrogen and oxygen atoms in total. The molecule has 1 aromatic heterocycles. The summed E-state index contributed by atoms with van der Waals surface area (Å²) in [6.45, 7) is 0. The number of carbonyl (C=O) groups excluding carboxylic acids is 1. The zero-order chi connectivity index (χ0) is 21.3.